The summed E-state index contributed by atoms with van der Waals surface area (Å²) >= 11 is 3.24. The molecule has 0 aliphatic carbocycles. The van der Waals surface area contributed by atoms with Crippen molar-refractivity contribution in [2.75, 3.05) is 29.6 Å². The van der Waals surface area contributed by atoms with E-state index in [1.165, 1.54) is 11.3 Å². The summed E-state index contributed by atoms with van der Waals surface area (Å²) in [6.07, 6.45) is 6.05. The third-order valence-corrected chi connectivity index (χ3v) is 6.93. The molecule has 146 valence electrons. The highest BCUT2D eigenvalue weighted by atomic mass is 32.2. The second-order valence-corrected chi connectivity index (χ2v) is 9.37. The number of anilines is 2. The average Bonchev–Trinajstić information content (AvgIpc) is 3.04. The first-order valence-corrected chi connectivity index (χ1v) is 11.6. The van der Waals surface area contributed by atoms with Crippen LogP contribution in [-0.2, 0) is 0 Å². The molecular weight excluding hydrogens is 388 g/mol. The number of amides is 1. The van der Waals surface area contributed by atoms with Crippen LogP contribution in [0.3, 0.4) is 0 Å². The van der Waals surface area contributed by atoms with Gasteiger partial charge in [0.2, 0.25) is 0 Å². The molecule has 28 heavy (non-hydrogen) atoms. The molecule has 5 nitrogen and oxygen atoms in total. The summed E-state index contributed by atoms with van der Waals surface area (Å²) in [4.78, 5) is 27.6. The first kappa shape index (κ1) is 19.2. The molecule has 1 aliphatic rings. The van der Waals surface area contributed by atoms with Crippen molar-refractivity contribution in [2.45, 2.75) is 31.6 Å². The van der Waals surface area contributed by atoms with E-state index in [-0.39, 0.29) is 5.91 Å². The lowest BCUT2D eigenvalue weighted by Crippen LogP contribution is -2.35. The lowest BCUT2D eigenvalue weighted by Gasteiger charge is -2.32. The maximum atomic E-state index is 13.2. The van der Waals surface area contributed by atoms with Gasteiger partial charge in [-0.2, -0.15) is 0 Å². The SMILES string of the molecule is CSc1ccc(NC(=O)c2c(C)sc3ncnc(N4CCC[C@@H](C)C4)c23)cc1. The molecule has 0 radical (unpaired) electrons. The normalized spacial score (nSPS) is 17.1. The fraction of sp³-hybridized carbons (Fsp3) is 0.381. The first-order valence-electron chi connectivity index (χ1n) is 9.51. The van der Waals surface area contributed by atoms with Gasteiger partial charge in [0.05, 0.1) is 10.9 Å². The highest BCUT2D eigenvalue weighted by molar-refractivity contribution is 7.98. The molecule has 4 rings (SSSR count). The number of aromatic nitrogens is 2. The van der Waals surface area contributed by atoms with Gasteiger partial charge >= 0.3 is 0 Å². The van der Waals surface area contributed by atoms with E-state index in [9.17, 15) is 4.79 Å². The summed E-state index contributed by atoms with van der Waals surface area (Å²) in [7, 11) is 0. The van der Waals surface area contributed by atoms with E-state index in [0.717, 1.165) is 46.1 Å². The maximum absolute atomic E-state index is 13.2. The zero-order valence-corrected chi connectivity index (χ0v) is 18.0. The molecule has 3 aromatic rings. The van der Waals surface area contributed by atoms with Crippen LogP contribution < -0.4 is 10.2 Å². The third-order valence-electron chi connectivity index (χ3n) is 5.18. The topological polar surface area (TPSA) is 58.1 Å². The number of fused-ring (bicyclic) bond motifs is 1. The monoisotopic (exact) mass is 412 g/mol. The number of thioether (sulfide) groups is 1. The molecule has 1 saturated heterocycles. The van der Waals surface area contributed by atoms with Crippen LogP contribution in [-0.4, -0.2) is 35.2 Å². The number of thiophene rings is 1. The van der Waals surface area contributed by atoms with Gasteiger partial charge in [-0.05, 0) is 56.2 Å². The van der Waals surface area contributed by atoms with Crippen molar-refractivity contribution in [3.63, 3.8) is 0 Å². The lowest BCUT2D eigenvalue weighted by atomic mass is 10.00. The maximum Gasteiger partial charge on any atom is 0.257 e. The van der Waals surface area contributed by atoms with Gasteiger partial charge in [-0.25, -0.2) is 9.97 Å². The van der Waals surface area contributed by atoms with Crippen LogP contribution in [0.25, 0.3) is 10.2 Å². The van der Waals surface area contributed by atoms with Crippen molar-refractivity contribution >= 4 is 50.7 Å². The van der Waals surface area contributed by atoms with E-state index >= 15 is 0 Å². The zero-order valence-electron chi connectivity index (χ0n) is 16.4. The van der Waals surface area contributed by atoms with E-state index in [2.05, 4.69) is 27.1 Å². The van der Waals surface area contributed by atoms with E-state index in [1.807, 2.05) is 37.4 Å². The predicted octanol–water partition coefficient (Wildman–Crippen LogP) is 5.21. The molecule has 0 bridgehead atoms. The fourth-order valence-corrected chi connectivity index (χ4v) is 5.18. The molecule has 1 atom stereocenters. The fourth-order valence-electron chi connectivity index (χ4n) is 3.79. The Labute approximate surface area is 173 Å². The van der Waals surface area contributed by atoms with Crippen LogP contribution in [0.2, 0.25) is 0 Å². The first-order chi connectivity index (χ1) is 13.6. The molecule has 3 heterocycles. The number of nitrogens with one attached hydrogen (secondary N) is 1. The Morgan fingerprint density at radius 1 is 1.29 bits per heavy atom. The van der Waals surface area contributed by atoms with Gasteiger partial charge in [0.1, 0.15) is 17.0 Å². The number of benzene rings is 1. The number of aryl methyl sites for hydroxylation is 1. The summed E-state index contributed by atoms with van der Waals surface area (Å²) < 4.78 is 0. The second kappa shape index (κ2) is 8.09. The van der Waals surface area contributed by atoms with Crippen molar-refractivity contribution in [1.29, 1.82) is 0 Å². The molecule has 0 saturated carbocycles. The number of rotatable bonds is 4. The Morgan fingerprint density at radius 3 is 2.79 bits per heavy atom. The van der Waals surface area contributed by atoms with Gasteiger partial charge in [-0.15, -0.1) is 23.1 Å². The zero-order chi connectivity index (χ0) is 19.7. The van der Waals surface area contributed by atoms with Crippen LogP contribution in [0.4, 0.5) is 11.5 Å². The van der Waals surface area contributed by atoms with Crippen LogP contribution in [0.1, 0.15) is 35.0 Å². The minimum atomic E-state index is -0.0956. The molecule has 0 unspecified atom stereocenters. The van der Waals surface area contributed by atoms with Crippen molar-refractivity contribution in [2.24, 2.45) is 5.92 Å². The number of piperidine rings is 1. The van der Waals surface area contributed by atoms with Gasteiger partial charge in [0.25, 0.3) is 5.91 Å². The second-order valence-electron chi connectivity index (χ2n) is 7.29. The van der Waals surface area contributed by atoms with E-state index < -0.39 is 0 Å². The summed E-state index contributed by atoms with van der Waals surface area (Å²) in [6.45, 7) is 6.21. The number of hydrogen-bond acceptors (Lipinski definition) is 6. The van der Waals surface area contributed by atoms with Crippen molar-refractivity contribution in [3.8, 4) is 0 Å². The Morgan fingerprint density at radius 2 is 2.07 bits per heavy atom. The Bertz CT molecular complexity index is 1000. The largest absolute Gasteiger partial charge is 0.356 e. The number of nitrogens with zero attached hydrogens (tertiary/aromatic N) is 3. The molecule has 1 aromatic carbocycles. The van der Waals surface area contributed by atoms with Crippen LogP contribution in [0.15, 0.2) is 35.5 Å². The van der Waals surface area contributed by atoms with Gasteiger partial charge in [-0.3, -0.25) is 4.79 Å². The molecule has 1 amide bonds. The molecule has 1 fully saturated rings. The minimum absolute atomic E-state index is 0.0956. The standard InChI is InChI=1S/C21H24N4OS2/c1-13-5-4-10-25(11-13)19-18-17(14(2)28-21(18)23-12-22-19)20(26)24-15-6-8-16(27-3)9-7-15/h6-9,12-13H,4-5,10-11H2,1-3H3,(H,24,26)/t13-/m1/s1. The smallest absolute Gasteiger partial charge is 0.257 e. The highest BCUT2D eigenvalue weighted by Crippen LogP contribution is 2.36. The lowest BCUT2D eigenvalue weighted by molar-refractivity contribution is 0.102. The van der Waals surface area contributed by atoms with Crippen molar-refractivity contribution in [1.82, 2.24) is 9.97 Å². The number of carbonyl (C=O) groups excluding carboxylic acids is 1. The van der Waals surface area contributed by atoms with Gasteiger partial charge in [-0.1, -0.05) is 6.92 Å². The summed E-state index contributed by atoms with van der Waals surface area (Å²) in [5.74, 6) is 1.43. The Kier molecular flexibility index (Phi) is 5.55. The van der Waals surface area contributed by atoms with Gasteiger partial charge in [0.15, 0.2) is 0 Å². The summed E-state index contributed by atoms with van der Waals surface area (Å²) in [5, 5.41) is 3.94. The van der Waals surface area contributed by atoms with E-state index in [4.69, 9.17) is 0 Å². The summed E-state index contributed by atoms with van der Waals surface area (Å²) in [5.41, 5.74) is 1.49. The Hall–Kier alpha value is -2.12. The van der Waals surface area contributed by atoms with E-state index in [0.29, 0.717) is 11.5 Å². The molecule has 7 heteroatoms. The van der Waals surface area contributed by atoms with Crippen LogP contribution in [0.5, 0.6) is 0 Å². The molecule has 1 N–H and O–H groups in total. The quantitative estimate of drug-likeness (QED) is 0.596. The average molecular weight is 413 g/mol. The summed E-state index contributed by atoms with van der Waals surface area (Å²) in [6, 6.07) is 7.92. The van der Waals surface area contributed by atoms with Gasteiger partial charge in [0, 0.05) is 28.5 Å². The highest BCUT2D eigenvalue weighted by Gasteiger charge is 2.25. The van der Waals surface area contributed by atoms with Crippen LogP contribution >= 0.6 is 23.1 Å². The molecule has 2 aromatic heterocycles. The van der Waals surface area contributed by atoms with Crippen molar-refractivity contribution < 1.29 is 4.79 Å². The number of carbonyl (C=O) groups is 1. The Balaban J connectivity index is 1.71. The van der Waals surface area contributed by atoms with Crippen molar-refractivity contribution in [3.05, 3.63) is 41.0 Å². The predicted molar refractivity (Wildman–Crippen MR) is 119 cm³/mol. The minimum Gasteiger partial charge on any atom is -0.356 e. The van der Waals surface area contributed by atoms with Crippen LogP contribution in [0, 0.1) is 12.8 Å². The third kappa shape index (κ3) is 3.73. The number of hydrogen-bond donors (Lipinski definition) is 1. The molecule has 0 spiro atoms. The van der Waals surface area contributed by atoms with Gasteiger partial charge < -0.3 is 10.2 Å². The molecule has 1 aliphatic heterocycles. The van der Waals surface area contributed by atoms with E-state index in [1.54, 1.807) is 29.4 Å². The molecular formula is C21H24N4OS2.